The molecule has 0 spiro atoms. The lowest BCUT2D eigenvalue weighted by Gasteiger charge is -2.37. The first-order valence-electron chi connectivity index (χ1n) is 10.1. The molecule has 0 atom stereocenters. The summed E-state index contributed by atoms with van der Waals surface area (Å²) in [6, 6.07) is 6.56. The van der Waals surface area contributed by atoms with Gasteiger partial charge in [0.2, 0.25) is 15.9 Å². The second-order valence-corrected chi connectivity index (χ2v) is 9.80. The van der Waals surface area contributed by atoms with E-state index in [-0.39, 0.29) is 16.8 Å². The van der Waals surface area contributed by atoms with Crippen molar-refractivity contribution in [2.75, 3.05) is 19.6 Å². The molecule has 0 radical (unpaired) electrons. The minimum Gasteiger partial charge on any atom is -0.449 e. The summed E-state index contributed by atoms with van der Waals surface area (Å²) in [7, 11) is -3.58. The molecule has 11 heteroatoms. The minimum atomic E-state index is -3.58. The van der Waals surface area contributed by atoms with Gasteiger partial charge in [-0.1, -0.05) is 17.3 Å². The quantitative estimate of drug-likeness (QED) is 0.570. The first kappa shape index (κ1) is 19.9. The van der Waals surface area contributed by atoms with Crippen LogP contribution in [0.3, 0.4) is 0 Å². The average molecular weight is 443 g/mol. The maximum absolute atomic E-state index is 12.9. The van der Waals surface area contributed by atoms with Crippen molar-refractivity contribution in [1.82, 2.24) is 29.2 Å². The van der Waals surface area contributed by atoms with Crippen LogP contribution in [0.4, 0.5) is 0 Å². The molecule has 2 saturated heterocycles. The number of oxazole rings is 1. The lowest BCUT2D eigenvalue weighted by Crippen LogP contribution is -2.50. The van der Waals surface area contributed by atoms with Gasteiger partial charge in [0.25, 0.3) is 0 Å². The summed E-state index contributed by atoms with van der Waals surface area (Å²) in [5, 5.41) is 8.27. The second-order valence-electron chi connectivity index (χ2n) is 7.86. The molecule has 0 aliphatic carbocycles. The Morgan fingerprint density at radius 1 is 1.19 bits per heavy atom. The number of rotatable bonds is 6. The summed E-state index contributed by atoms with van der Waals surface area (Å²) >= 11 is 0. The highest BCUT2D eigenvalue weighted by atomic mass is 32.2. The summed E-state index contributed by atoms with van der Waals surface area (Å²) in [5.74, 6) is 0.696. The SMILES string of the molecule is Cc1nc(-c2ccc(S(=O)(=O)N3CC(n4cc(CN5CCCC5=O)nn4)C3)cc2)co1. The third kappa shape index (κ3) is 3.74. The molecule has 2 fully saturated rings. The third-order valence-electron chi connectivity index (χ3n) is 5.69. The maximum atomic E-state index is 12.9. The van der Waals surface area contributed by atoms with Crippen molar-refractivity contribution in [3.05, 3.63) is 48.3 Å². The molecular weight excluding hydrogens is 420 g/mol. The zero-order chi connectivity index (χ0) is 21.6. The molecule has 2 aromatic heterocycles. The molecular formula is C20H22N6O4S. The maximum Gasteiger partial charge on any atom is 0.243 e. The van der Waals surface area contributed by atoms with Gasteiger partial charge in [-0.05, 0) is 18.6 Å². The van der Waals surface area contributed by atoms with E-state index < -0.39 is 10.0 Å². The molecule has 0 N–H and O–H groups in total. The van der Waals surface area contributed by atoms with Crippen LogP contribution in [-0.2, 0) is 21.4 Å². The summed E-state index contributed by atoms with van der Waals surface area (Å²) in [4.78, 5) is 18.0. The van der Waals surface area contributed by atoms with E-state index >= 15 is 0 Å². The van der Waals surface area contributed by atoms with E-state index in [1.807, 2.05) is 0 Å². The zero-order valence-electron chi connectivity index (χ0n) is 17.0. The molecule has 10 nitrogen and oxygen atoms in total. The molecule has 0 saturated carbocycles. The number of aryl methyl sites for hydroxylation is 1. The van der Waals surface area contributed by atoms with Crippen molar-refractivity contribution in [2.45, 2.75) is 37.2 Å². The molecule has 2 aliphatic rings. The van der Waals surface area contributed by atoms with Crippen molar-refractivity contribution in [3.8, 4) is 11.3 Å². The molecule has 31 heavy (non-hydrogen) atoms. The smallest absolute Gasteiger partial charge is 0.243 e. The van der Waals surface area contributed by atoms with E-state index in [1.165, 1.54) is 4.31 Å². The van der Waals surface area contributed by atoms with Crippen molar-refractivity contribution in [2.24, 2.45) is 0 Å². The van der Waals surface area contributed by atoms with E-state index in [4.69, 9.17) is 4.42 Å². The van der Waals surface area contributed by atoms with Crippen LogP contribution < -0.4 is 0 Å². The number of hydrogen-bond donors (Lipinski definition) is 0. The summed E-state index contributed by atoms with van der Waals surface area (Å²) < 4.78 is 34.2. The lowest BCUT2D eigenvalue weighted by atomic mass is 10.2. The number of carbonyl (C=O) groups excluding carboxylic acids is 1. The number of amides is 1. The molecule has 4 heterocycles. The van der Waals surface area contributed by atoms with Gasteiger partial charge in [0, 0.05) is 38.5 Å². The van der Waals surface area contributed by atoms with Crippen molar-refractivity contribution in [1.29, 1.82) is 0 Å². The van der Waals surface area contributed by atoms with Crippen LogP contribution in [0.2, 0.25) is 0 Å². The predicted molar refractivity (Wildman–Crippen MR) is 109 cm³/mol. The van der Waals surface area contributed by atoms with Gasteiger partial charge < -0.3 is 9.32 Å². The van der Waals surface area contributed by atoms with Crippen LogP contribution in [0.5, 0.6) is 0 Å². The van der Waals surface area contributed by atoms with Gasteiger partial charge in [0.15, 0.2) is 5.89 Å². The van der Waals surface area contributed by atoms with Crippen molar-refractivity contribution < 1.29 is 17.6 Å². The predicted octanol–water partition coefficient (Wildman–Crippen LogP) is 1.61. The zero-order valence-corrected chi connectivity index (χ0v) is 17.8. The monoisotopic (exact) mass is 442 g/mol. The van der Waals surface area contributed by atoms with Gasteiger partial charge in [0.05, 0.1) is 23.7 Å². The van der Waals surface area contributed by atoms with Crippen molar-refractivity contribution >= 4 is 15.9 Å². The number of sulfonamides is 1. The van der Waals surface area contributed by atoms with E-state index in [0.717, 1.165) is 24.2 Å². The Morgan fingerprint density at radius 3 is 2.61 bits per heavy atom. The fraction of sp³-hybridized carbons (Fsp3) is 0.400. The molecule has 1 amide bonds. The van der Waals surface area contributed by atoms with Gasteiger partial charge in [-0.2, -0.15) is 4.31 Å². The lowest BCUT2D eigenvalue weighted by molar-refractivity contribution is -0.128. The highest BCUT2D eigenvalue weighted by Crippen LogP contribution is 2.29. The fourth-order valence-electron chi connectivity index (χ4n) is 3.85. The Hall–Kier alpha value is -3.05. The molecule has 2 aliphatic heterocycles. The summed E-state index contributed by atoms with van der Waals surface area (Å²) in [6.45, 7) is 3.61. The van der Waals surface area contributed by atoms with Gasteiger partial charge >= 0.3 is 0 Å². The third-order valence-corrected chi connectivity index (χ3v) is 7.54. The second kappa shape index (κ2) is 7.57. The Morgan fingerprint density at radius 2 is 1.97 bits per heavy atom. The largest absolute Gasteiger partial charge is 0.449 e. The van der Waals surface area contributed by atoms with Crippen LogP contribution in [0, 0.1) is 6.92 Å². The Kier molecular flexibility index (Phi) is 4.86. The van der Waals surface area contributed by atoms with Gasteiger partial charge in [0.1, 0.15) is 17.7 Å². The molecule has 0 unspecified atom stereocenters. The first-order valence-corrected chi connectivity index (χ1v) is 11.6. The molecule has 162 valence electrons. The van der Waals surface area contributed by atoms with E-state index in [2.05, 4.69) is 15.3 Å². The van der Waals surface area contributed by atoms with Crippen LogP contribution in [-0.4, -0.2) is 63.1 Å². The fourth-order valence-corrected chi connectivity index (χ4v) is 5.37. The summed E-state index contributed by atoms with van der Waals surface area (Å²) in [5.41, 5.74) is 2.18. The van der Waals surface area contributed by atoms with Crippen LogP contribution in [0.1, 0.15) is 30.5 Å². The van der Waals surface area contributed by atoms with E-state index in [0.29, 0.717) is 37.6 Å². The van der Waals surface area contributed by atoms with Gasteiger partial charge in [-0.3, -0.25) is 4.79 Å². The topological polar surface area (TPSA) is 114 Å². The standard InChI is InChI=1S/C20H22N6O4S/c1-14-21-19(13-30-14)15-4-6-18(7-5-15)31(28,29)25-11-17(12-25)26-10-16(22-23-26)9-24-8-2-3-20(24)27/h4-7,10,13,17H,2-3,8-9,11-12H2,1H3. The number of nitrogens with zero attached hydrogens (tertiary/aromatic N) is 6. The number of benzene rings is 1. The number of hydrogen-bond acceptors (Lipinski definition) is 7. The molecule has 0 bridgehead atoms. The Balaban J connectivity index is 1.22. The van der Waals surface area contributed by atoms with Crippen LogP contribution >= 0.6 is 0 Å². The number of likely N-dealkylation sites (tertiary alicyclic amines) is 1. The Bertz CT molecular complexity index is 1210. The summed E-state index contributed by atoms with van der Waals surface area (Å²) in [6.07, 6.45) is 4.81. The Labute approximate surface area is 179 Å². The first-order chi connectivity index (χ1) is 14.9. The number of carbonyl (C=O) groups is 1. The van der Waals surface area contributed by atoms with E-state index in [1.54, 1.807) is 53.2 Å². The van der Waals surface area contributed by atoms with E-state index in [9.17, 15) is 13.2 Å². The normalized spacial score (nSPS) is 18.0. The van der Waals surface area contributed by atoms with Gasteiger partial charge in [-0.15, -0.1) is 5.10 Å². The number of aromatic nitrogens is 4. The minimum absolute atomic E-state index is 0.0670. The van der Waals surface area contributed by atoms with Crippen LogP contribution in [0.15, 0.2) is 46.0 Å². The molecule has 3 aromatic rings. The molecule has 5 rings (SSSR count). The highest BCUT2D eigenvalue weighted by Gasteiger charge is 2.38. The molecule has 1 aromatic carbocycles. The highest BCUT2D eigenvalue weighted by molar-refractivity contribution is 7.89. The van der Waals surface area contributed by atoms with Crippen LogP contribution in [0.25, 0.3) is 11.3 Å². The van der Waals surface area contributed by atoms with Gasteiger partial charge in [-0.25, -0.2) is 18.1 Å². The van der Waals surface area contributed by atoms with Crippen molar-refractivity contribution in [3.63, 3.8) is 0 Å². The average Bonchev–Trinajstić information content (AvgIpc) is 3.44.